The van der Waals surface area contributed by atoms with Gasteiger partial charge in [-0.1, -0.05) is 226 Å². The van der Waals surface area contributed by atoms with E-state index in [1.54, 1.807) is 0 Å². The van der Waals surface area contributed by atoms with Crippen molar-refractivity contribution in [3.05, 3.63) is 109 Å². The number of hydrogen-bond acceptors (Lipinski definition) is 6. The lowest BCUT2D eigenvalue weighted by Gasteiger charge is -2.18. The van der Waals surface area contributed by atoms with Gasteiger partial charge < -0.3 is 14.2 Å². The number of carbonyl (C=O) groups excluding carboxylic acids is 3. The molecule has 0 rings (SSSR count). The van der Waals surface area contributed by atoms with E-state index in [1.165, 1.54) is 77.0 Å². The molecule has 6 nitrogen and oxygen atoms in total. The highest BCUT2D eigenvalue weighted by Gasteiger charge is 2.19. The van der Waals surface area contributed by atoms with Gasteiger partial charge in [-0.15, -0.1) is 0 Å². The van der Waals surface area contributed by atoms with Gasteiger partial charge in [-0.05, 0) is 122 Å². The normalized spacial score (nSPS) is 12.9. The molecule has 70 heavy (non-hydrogen) atoms. The van der Waals surface area contributed by atoms with Gasteiger partial charge in [-0.2, -0.15) is 0 Å². The predicted molar refractivity (Wildman–Crippen MR) is 302 cm³/mol. The van der Waals surface area contributed by atoms with Crippen LogP contribution in [0.1, 0.15) is 258 Å². The molecule has 0 radical (unpaired) electrons. The van der Waals surface area contributed by atoms with Crippen molar-refractivity contribution >= 4 is 17.9 Å². The average Bonchev–Trinajstić information content (AvgIpc) is 3.36. The number of hydrogen-bond donors (Lipinski definition) is 0. The maximum atomic E-state index is 12.8. The Morgan fingerprint density at radius 1 is 0.300 bits per heavy atom. The highest BCUT2D eigenvalue weighted by Crippen LogP contribution is 2.14. The Hall–Kier alpha value is -3.93. The third-order valence-electron chi connectivity index (χ3n) is 12.0. The van der Waals surface area contributed by atoms with Crippen molar-refractivity contribution in [3.63, 3.8) is 0 Å². The molecule has 0 saturated carbocycles. The monoisotopic (exact) mass is 971 g/mol. The molecular formula is C64H106O6. The zero-order valence-electron chi connectivity index (χ0n) is 45.5. The molecule has 0 aromatic heterocycles. The maximum Gasteiger partial charge on any atom is 0.306 e. The molecule has 0 saturated heterocycles. The molecule has 0 N–H and O–H groups in total. The number of carbonyl (C=O) groups is 3. The zero-order valence-corrected chi connectivity index (χ0v) is 45.5. The maximum absolute atomic E-state index is 12.8. The third kappa shape index (κ3) is 55.0. The van der Waals surface area contributed by atoms with Gasteiger partial charge in [0.05, 0.1) is 0 Å². The summed E-state index contributed by atoms with van der Waals surface area (Å²) < 4.78 is 16.8. The van der Waals surface area contributed by atoms with Gasteiger partial charge >= 0.3 is 17.9 Å². The van der Waals surface area contributed by atoms with E-state index in [0.29, 0.717) is 19.3 Å². The van der Waals surface area contributed by atoms with Gasteiger partial charge in [-0.3, -0.25) is 14.4 Å². The molecule has 0 aliphatic rings. The standard InChI is InChI=1S/C64H106O6/c1-4-7-10-13-16-19-22-24-26-28-29-30-31-32-33-34-35-37-38-40-42-45-48-51-54-57-63(66)69-60-61(59-68-62(65)56-53-50-47-44-21-18-15-12-9-6-3)70-64(67)58-55-52-49-46-43-41-39-36-27-25-23-20-17-14-11-8-5-2/h7,10,12,15-17,19-20,24-27,29-30,32-33,35,37,61H,4-6,8-9,11,13-14,18,21-23,28,31,34,36,38-60H2,1-3H3/b10-7-,15-12-,19-16-,20-17-,26-24-,27-25-,30-29-,33-32-,37-35-. The lowest BCUT2D eigenvalue weighted by atomic mass is 10.1. The second-order valence-corrected chi connectivity index (χ2v) is 18.8. The van der Waals surface area contributed by atoms with E-state index in [-0.39, 0.29) is 31.1 Å². The van der Waals surface area contributed by atoms with Crippen molar-refractivity contribution in [2.24, 2.45) is 0 Å². The molecule has 1 unspecified atom stereocenters. The van der Waals surface area contributed by atoms with E-state index in [4.69, 9.17) is 14.2 Å². The second-order valence-electron chi connectivity index (χ2n) is 18.8. The Morgan fingerprint density at radius 2 is 0.586 bits per heavy atom. The van der Waals surface area contributed by atoms with Crippen molar-refractivity contribution < 1.29 is 28.6 Å². The summed E-state index contributed by atoms with van der Waals surface area (Å²) in [5.41, 5.74) is 0. The smallest absolute Gasteiger partial charge is 0.306 e. The number of ether oxygens (including phenoxy) is 3. The quantitative estimate of drug-likeness (QED) is 0.0262. The van der Waals surface area contributed by atoms with E-state index < -0.39 is 6.10 Å². The van der Waals surface area contributed by atoms with E-state index in [1.807, 2.05) is 0 Å². The summed E-state index contributed by atoms with van der Waals surface area (Å²) in [5.74, 6) is -0.925. The Bertz CT molecular complexity index is 1440. The van der Waals surface area contributed by atoms with Crippen LogP contribution in [0, 0.1) is 0 Å². The molecule has 0 aliphatic carbocycles. The van der Waals surface area contributed by atoms with Gasteiger partial charge in [-0.25, -0.2) is 0 Å². The first-order valence-electron chi connectivity index (χ1n) is 28.9. The van der Waals surface area contributed by atoms with E-state index in [9.17, 15) is 14.4 Å². The van der Waals surface area contributed by atoms with Crippen LogP contribution in [-0.2, 0) is 28.6 Å². The van der Waals surface area contributed by atoms with Gasteiger partial charge in [0.15, 0.2) is 6.10 Å². The molecule has 6 heteroatoms. The van der Waals surface area contributed by atoms with Gasteiger partial charge in [0.1, 0.15) is 13.2 Å². The van der Waals surface area contributed by atoms with Gasteiger partial charge in [0.2, 0.25) is 0 Å². The van der Waals surface area contributed by atoms with Crippen molar-refractivity contribution in [2.45, 2.75) is 264 Å². The summed E-state index contributed by atoms with van der Waals surface area (Å²) in [7, 11) is 0. The molecule has 0 aliphatic heterocycles. The molecule has 0 aromatic carbocycles. The fourth-order valence-corrected chi connectivity index (χ4v) is 7.65. The van der Waals surface area contributed by atoms with Crippen LogP contribution in [0.2, 0.25) is 0 Å². The molecule has 1 atom stereocenters. The first-order chi connectivity index (χ1) is 34.5. The number of esters is 3. The number of allylic oxidation sites excluding steroid dienone is 18. The summed E-state index contributed by atoms with van der Waals surface area (Å²) in [6, 6.07) is 0. The molecule has 0 spiro atoms. The Balaban J connectivity index is 4.34. The van der Waals surface area contributed by atoms with Crippen LogP contribution in [0.15, 0.2) is 109 Å². The number of unbranched alkanes of at least 4 members (excludes halogenated alkanes) is 22. The van der Waals surface area contributed by atoms with Crippen molar-refractivity contribution in [2.75, 3.05) is 13.2 Å². The minimum atomic E-state index is -0.793. The highest BCUT2D eigenvalue weighted by atomic mass is 16.6. The van der Waals surface area contributed by atoms with Gasteiger partial charge in [0.25, 0.3) is 0 Å². The van der Waals surface area contributed by atoms with E-state index in [0.717, 1.165) is 141 Å². The summed E-state index contributed by atoms with van der Waals surface area (Å²) in [6.07, 6.45) is 77.9. The largest absolute Gasteiger partial charge is 0.462 e. The summed E-state index contributed by atoms with van der Waals surface area (Å²) in [4.78, 5) is 38.1. The fourth-order valence-electron chi connectivity index (χ4n) is 7.65. The van der Waals surface area contributed by atoms with Crippen LogP contribution < -0.4 is 0 Å². The van der Waals surface area contributed by atoms with Crippen molar-refractivity contribution in [1.29, 1.82) is 0 Å². The summed E-state index contributed by atoms with van der Waals surface area (Å²) in [6.45, 7) is 6.41. The highest BCUT2D eigenvalue weighted by molar-refractivity contribution is 5.71. The van der Waals surface area contributed by atoms with Crippen molar-refractivity contribution in [3.8, 4) is 0 Å². The van der Waals surface area contributed by atoms with Crippen molar-refractivity contribution in [1.82, 2.24) is 0 Å². The predicted octanol–water partition coefficient (Wildman–Crippen LogP) is 19.5. The van der Waals surface area contributed by atoms with E-state index >= 15 is 0 Å². The van der Waals surface area contributed by atoms with Crippen LogP contribution >= 0.6 is 0 Å². The van der Waals surface area contributed by atoms with Crippen LogP contribution in [0.4, 0.5) is 0 Å². The summed E-state index contributed by atoms with van der Waals surface area (Å²) >= 11 is 0. The van der Waals surface area contributed by atoms with Crippen LogP contribution in [0.3, 0.4) is 0 Å². The first kappa shape index (κ1) is 66.1. The molecule has 0 fully saturated rings. The molecule has 0 aromatic rings. The van der Waals surface area contributed by atoms with Crippen LogP contribution in [-0.4, -0.2) is 37.2 Å². The summed E-state index contributed by atoms with van der Waals surface area (Å²) in [5, 5.41) is 0. The SMILES string of the molecule is CC/C=C\C/C=C\C/C=C\C/C=C\C/C=C\C/C=C\CCCCCCCCC(=O)OCC(COC(=O)CCCCCCC/C=C\CCC)OC(=O)CCCCCCCCC/C=C\C/C=C\CCCCC. The average molecular weight is 972 g/mol. The molecule has 0 heterocycles. The minimum absolute atomic E-state index is 0.0918. The number of rotatable bonds is 51. The molecule has 0 bridgehead atoms. The molecule has 0 amide bonds. The Morgan fingerprint density at radius 3 is 0.943 bits per heavy atom. The topological polar surface area (TPSA) is 78.9 Å². The third-order valence-corrected chi connectivity index (χ3v) is 12.0. The minimum Gasteiger partial charge on any atom is -0.462 e. The second kappa shape index (κ2) is 57.6. The Labute approximate surface area is 431 Å². The fraction of sp³-hybridized carbons (Fsp3) is 0.672. The molecular weight excluding hydrogens is 865 g/mol. The first-order valence-corrected chi connectivity index (χ1v) is 28.9. The van der Waals surface area contributed by atoms with Gasteiger partial charge in [0, 0.05) is 19.3 Å². The zero-order chi connectivity index (χ0) is 50.7. The molecule has 398 valence electrons. The van der Waals surface area contributed by atoms with Crippen LogP contribution in [0.5, 0.6) is 0 Å². The lowest BCUT2D eigenvalue weighted by molar-refractivity contribution is -0.167. The lowest BCUT2D eigenvalue weighted by Crippen LogP contribution is -2.30. The Kier molecular flexibility index (Phi) is 54.4. The van der Waals surface area contributed by atoms with Crippen LogP contribution in [0.25, 0.3) is 0 Å². The van der Waals surface area contributed by atoms with E-state index in [2.05, 4.69) is 130 Å².